The Kier molecular flexibility index (Phi) is 3.21. The summed E-state index contributed by atoms with van der Waals surface area (Å²) in [6.07, 6.45) is 0. The van der Waals surface area contributed by atoms with Gasteiger partial charge in [-0.15, -0.1) is 0 Å². The molecule has 0 radical (unpaired) electrons. The highest BCUT2D eigenvalue weighted by Gasteiger charge is 2.12. The van der Waals surface area contributed by atoms with E-state index in [2.05, 4.69) is 10.2 Å². The molecule has 90 valence electrons. The predicted molar refractivity (Wildman–Crippen MR) is 61.2 cm³/mol. The number of H-pyrrole nitrogens is 1. The van der Waals surface area contributed by atoms with Crippen molar-refractivity contribution in [1.29, 1.82) is 0 Å². The number of aliphatic hydroxyl groups excluding tert-OH is 1. The molecule has 1 heterocycles. The number of hydrogen-bond acceptors (Lipinski definition) is 4. The maximum absolute atomic E-state index is 13.7. The Balaban J connectivity index is 2.66. The molecule has 7 heteroatoms. The molecule has 0 fully saturated rings. The highest BCUT2D eigenvalue weighted by Crippen LogP contribution is 2.21. The average molecular weight is 255 g/mol. The van der Waals surface area contributed by atoms with Crippen molar-refractivity contribution in [2.24, 2.45) is 0 Å². The monoisotopic (exact) mass is 255 g/mol. The number of aromatic amines is 1. The van der Waals surface area contributed by atoms with E-state index in [0.717, 1.165) is 0 Å². The number of hydrogen-bond donors (Lipinski definition) is 2. The maximum Gasteiger partial charge on any atom is 0.200 e. The van der Waals surface area contributed by atoms with Gasteiger partial charge < -0.3 is 9.84 Å². The van der Waals surface area contributed by atoms with Gasteiger partial charge in [0.2, 0.25) is 0 Å². The Bertz CT molecular complexity index is 593. The van der Waals surface area contributed by atoms with Crippen LogP contribution >= 0.6 is 12.2 Å². The zero-order chi connectivity index (χ0) is 12.4. The van der Waals surface area contributed by atoms with E-state index in [0.29, 0.717) is 5.75 Å². The molecule has 1 aromatic heterocycles. The summed E-state index contributed by atoms with van der Waals surface area (Å²) < 4.78 is 20.3. The van der Waals surface area contributed by atoms with Gasteiger partial charge in [0.25, 0.3) is 0 Å². The zero-order valence-corrected chi connectivity index (χ0v) is 9.79. The van der Waals surface area contributed by atoms with Gasteiger partial charge in [0.15, 0.2) is 10.6 Å². The molecule has 0 atom stereocenters. The van der Waals surface area contributed by atoms with E-state index in [-0.39, 0.29) is 22.9 Å². The van der Waals surface area contributed by atoms with Gasteiger partial charge in [0.1, 0.15) is 18.2 Å². The number of ether oxygens (including phenoxy) is 1. The first-order valence-corrected chi connectivity index (χ1v) is 5.19. The number of aliphatic hydroxyl groups is 1. The van der Waals surface area contributed by atoms with E-state index in [1.807, 2.05) is 0 Å². The minimum Gasteiger partial charge on any atom is -0.497 e. The van der Waals surface area contributed by atoms with Crippen molar-refractivity contribution in [2.45, 2.75) is 6.61 Å². The number of rotatable bonds is 3. The largest absolute Gasteiger partial charge is 0.497 e. The number of nitrogens with one attached hydrogen (secondary N) is 1. The molecule has 0 saturated carbocycles. The highest BCUT2D eigenvalue weighted by atomic mass is 32.1. The van der Waals surface area contributed by atoms with Gasteiger partial charge in [0.05, 0.1) is 12.8 Å². The molecule has 2 aromatic rings. The quantitative estimate of drug-likeness (QED) is 0.817. The number of aromatic nitrogens is 3. The first-order chi connectivity index (χ1) is 8.17. The van der Waals surface area contributed by atoms with E-state index >= 15 is 0 Å². The summed E-state index contributed by atoms with van der Waals surface area (Å²) in [5.74, 6) is 0.258. The van der Waals surface area contributed by atoms with Crippen LogP contribution in [0.1, 0.15) is 5.82 Å². The lowest BCUT2D eigenvalue weighted by atomic mass is 10.3. The molecule has 0 saturated heterocycles. The second-order valence-electron chi connectivity index (χ2n) is 3.26. The third kappa shape index (κ3) is 2.06. The van der Waals surface area contributed by atoms with Gasteiger partial charge in [-0.1, -0.05) is 0 Å². The Morgan fingerprint density at radius 2 is 2.35 bits per heavy atom. The Morgan fingerprint density at radius 1 is 1.59 bits per heavy atom. The SMILES string of the molecule is COc1ccc(F)c(-n2c(CO)n[nH]c2=S)c1. The first kappa shape index (κ1) is 11.7. The second-order valence-corrected chi connectivity index (χ2v) is 3.64. The third-order valence-corrected chi connectivity index (χ3v) is 2.55. The molecule has 0 spiro atoms. The molecule has 5 nitrogen and oxygen atoms in total. The Hall–Kier alpha value is -1.73. The summed E-state index contributed by atoms with van der Waals surface area (Å²) in [5, 5.41) is 15.4. The van der Waals surface area contributed by atoms with Gasteiger partial charge in [-0.2, -0.15) is 5.10 Å². The molecular weight excluding hydrogens is 245 g/mol. The summed E-state index contributed by atoms with van der Waals surface area (Å²) >= 11 is 4.99. The van der Waals surface area contributed by atoms with Crippen molar-refractivity contribution in [3.8, 4) is 11.4 Å². The van der Waals surface area contributed by atoms with Crippen LogP contribution in [-0.4, -0.2) is 27.0 Å². The molecule has 17 heavy (non-hydrogen) atoms. The smallest absolute Gasteiger partial charge is 0.200 e. The zero-order valence-electron chi connectivity index (χ0n) is 8.98. The lowest BCUT2D eigenvalue weighted by Gasteiger charge is -2.08. The summed E-state index contributed by atoms with van der Waals surface area (Å²) in [7, 11) is 1.48. The fourth-order valence-corrected chi connectivity index (χ4v) is 1.72. The van der Waals surface area contributed by atoms with Crippen molar-refractivity contribution in [2.75, 3.05) is 7.11 Å². The molecule has 0 amide bonds. The van der Waals surface area contributed by atoms with Crippen LogP contribution in [0.25, 0.3) is 5.69 Å². The van der Waals surface area contributed by atoms with Gasteiger partial charge in [-0.3, -0.25) is 9.67 Å². The molecule has 1 aromatic carbocycles. The molecule has 0 bridgehead atoms. The lowest BCUT2D eigenvalue weighted by Crippen LogP contribution is -2.04. The fourth-order valence-electron chi connectivity index (χ4n) is 1.47. The van der Waals surface area contributed by atoms with Gasteiger partial charge in [0, 0.05) is 6.07 Å². The normalized spacial score (nSPS) is 10.5. The molecule has 0 aliphatic heterocycles. The van der Waals surface area contributed by atoms with Crippen LogP contribution in [0.5, 0.6) is 5.75 Å². The number of nitrogens with zero attached hydrogens (tertiary/aromatic N) is 2. The van der Waals surface area contributed by atoms with Crippen LogP contribution in [0.2, 0.25) is 0 Å². The van der Waals surface area contributed by atoms with Crippen LogP contribution in [0.3, 0.4) is 0 Å². The molecule has 0 aliphatic rings. The molecule has 0 aliphatic carbocycles. The summed E-state index contributed by atoms with van der Waals surface area (Å²) in [4.78, 5) is 0. The Morgan fingerprint density at radius 3 is 3.00 bits per heavy atom. The van der Waals surface area contributed by atoms with Crippen molar-refractivity contribution < 1.29 is 14.2 Å². The van der Waals surface area contributed by atoms with Gasteiger partial charge >= 0.3 is 0 Å². The van der Waals surface area contributed by atoms with E-state index in [4.69, 9.17) is 22.1 Å². The first-order valence-electron chi connectivity index (χ1n) is 4.78. The third-order valence-electron chi connectivity index (χ3n) is 2.28. The second kappa shape index (κ2) is 4.64. The fraction of sp³-hybridized carbons (Fsp3) is 0.200. The average Bonchev–Trinajstić information content (AvgIpc) is 2.71. The van der Waals surface area contributed by atoms with Crippen LogP contribution in [0, 0.1) is 10.6 Å². The van der Waals surface area contributed by atoms with Crippen molar-refractivity contribution in [3.63, 3.8) is 0 Å². The van der Waals surface area contributed by atoms with E-state index in [1.165, 1.54) is 29.9 Å². The Labute approximate surface area is 101 Å². The summed E-state index contributed by atoms with van der Waals surface area (Å²) in [6, 6.07) is 4.26. The molecule has 2 rings (SSSR count). The van der Waals surface area contributed by atoms with Crippen molar-refractivity contribution >= 4 is 12.2 Å². The summed E-state index contributed by atoms with van der Waals surface area (Å²) in [5.41, 5.74) is 0.187. The number of benzene rings is 1. The number of halogens is 1. The van der Waals surface area contributed by atoms with Crippen molar-refractivity contribution in [1.82, 2.24) is 14.8 Å². The van der Waals surface area contributed by atoms with Crippen molar-refractivity contribution in [3.05, 3.63) is 34.6 Å². The van der Waals surface area contributed by atoms with Gasteiger partial charge in [-0.05, 0) is 24.4 Å². The standard InChI is InChI=1S/C10H10FN3O2S/c1-16-6-2-3-7(11)8(4-6)14-9(5-15)12-13-10(14)17/h2-4,15H,5H2,1H3,(H,13,17). The van der Waals surface area contributed by atoms with Gasteiger partial charge in [-0.25, -0.2) is 4.39 Å². The van der Waals surface area contributed by atoms with Crippen LogP contribution in [0.15, 0.2) is 18.2 Å². The molecule has 2 N–H and O–H groups in total. The highest BCUT2D eigenvalue weighted by molar-refractivity contribution is 7.71. The van der Waals surface area contributed by atoms with Crippen LogP contribution in [-0.2, 0) is 6.61 Å². The maximum atomic E-state index is 13.7. The summed E-state index contributed by atoms with van der Waals surface area (Å²) in [6.45, 7) is -0.343. The molecule has 0 unspecified atom stereocenters. The predicted octanol–water partition coefficient (Wildman–Crippen LogP) is 1.57. The minimum atomic E-state index is -0.474. The lowest BCUT2D eigenvalue weighted by molar-refractivity contribution is 0.268. The van der Waals surface area contributed by atoms with E-state index < -0.39 is 5.82 Å². The minimum absolute atomic E-state index is 0.187. The van der Waals surface area contributed by atoms with Crippen LogP contribution in [0.4, 0.5) is 4.39 Å². The topological polar surface area (TPSA) is 63.1 Å². The van der Waals surface area contributed by atoms with E-state index in [9.17, 15) is 4.39 Å². The van der Waals surface area contributed by atoms with Crippen LogP contribution < -0.4 is 4.74 Å². The number of methoxy groups -OCH3 is 1. The molecular formula is C10H10FN3O2S. The van der Waals surface area contributed by atoms with E-state index in [1.54, 1.807) is 0 Å².